The van der Waals surface area contributed by atoms with Crippen LogP contribution in [0.2, 0.25) is 0 Å². The number of nitrogens with zero attached hydrogens (tertiary/aromatic N) is 2. The zero-order valence-corrected chi connectivity index (χ0v) is 23.3. The molecule has 0 bridgehead atoms. The van der Waals surface area contributed by atoms with Gasteiger partial charge in [0.2, 0.25) is 0 Å². The van der Waals surface area contributed by atoms with Crippen LogP contribution in [0.1, 0.15) is 67.2 Å². The molecule has 0 aliphatic heterocycles. The smallest absolute Gasteiger partial charge is 0.294 e. The van der Waals surface area contributed by atoms with Crippen LogP contribution in [0.15, 0.2) is 44.6 Å². The average molecular weight is 567 g/mol. The lowest BCUT2D eigenvalue weighted by atomic mass is 9.83. The summed E-state index contributed by atoms with van der Waals surface area (Å²) in [5.74, 6) is -1.27. The number of aliphatic hydroxyl groups is 2. The third kappa shape index (κ3) is 8.48. The fourth-order valence-corrected chi connectivity index (χ4v) is 4.18. The van der Waals surface area contributed by atoms with Gasteiger partial charge in [0.1, 0.15) is 12.2 Å². The normalized spacial score (nSPS) is 17.6. The van der Waals surface area contributed by atoms with Gasteiger partial charge in [-0.2, -0.15) is 0 Å². The van der Waals surface area contributed by atoms with Gasteiger partial charge >= 0.3 is 0 Å². The van der Waals surface area contributed by atoms with E-state index in [1.807, 2.05) is 0 Å². The van der Waals surface area contributed by atoms with E-state index in [4.69, 9.17) is 5.11 Å². The van der Waals surface area contributed by atoms with Crippen LogP contribution in [0.5, 0.6) is 0 Å². The molecule has 0 saturated heterocycles. The molecule has 0 spiro atoms. The highest BCUT2D eigenvalue weighted by Gasteiger charge is 2.31. The van der Waals surface area contributed by atoms with Crippen LogP contribution in [-0.2, 0) is 28.9 Å². The first-order chi connectivity index (χ1) is 18.6. The molecule has 220 valence electrons. The van der Waals surface area contributed by atoms with Gasteiger partial charge in [0, 0.05) is 44.6 Å². The molecule has 2 N–H and O–H groups in total. The maximum absolute atomic E-state index is 12.2. The Morgan fingerprint density at radius 2 is 0.925 bits per heavy atom. The fraction of sp³-hybridized carbons (Fsp3) is 0.538. The topological polar surface area (TPSA) is 213 Å². The van der Waals surface area contributed by atoms with Crippen molar-refractivity contribution in [1.29, 1.82) is 0 Å². The van der Waals surface area contributed by atoms with Crippen molar-refractivity contribution >= 4 is 23.1 Å². The maximum Gasteiger partial charge on any atom is 0.294 e. The summed E-state index contributed by atoms with van der Waals surface area (Å²) in [6, 6.07) is 0. The standard InChI is InChI=1S/C13H17NO7.C13H17NO5/c1-7(21-14(19)20)3-4-9-8(2)12(17)10(5-15)11(6-16)13(9)18;1-7(19-14(17)18)5-6-11-10(4)12(15)8(2)9(3)13(11)16/h7,15-16H,3-6H2,1-2H3;7H,5-6H2,1-4H3. The van der Waals surface area contributed by atoms with Gasteiger partial charge < -0.3 is 19.9 Å². The summed E-state index contributed by atoms with van der Waals surface area (Å²) in [6.45, 7) is 8.11. The van der Waals surface area contributed by atoms with Crippen molar-refractivity contribution in [3.63, 3.8) is 0 Å². The molecule has 0 amide bonds. The summed E-state index contributed by atoms with van der Waals surface area (Å²) in [5, 5.41) is 37.0. The van der Waals surface area contributed by atoms with E-state index in [-0.39, 0.29) is 46.7 Å². The molecule has 40 heavy (non-hydrogen) atoms. The van der Waals surface area contributed by atoms with E-state index < -0.39 is 47.2 Å². The molecule has 0 saturated carbocycles. The fourth-order valence-electron chi connectivity index (χ4n) is 4.18. The minimum absolute atomic E-state index is 0.0988. The van der Waals surface area contributed by atoms with E-state index in [1.165, 1.54) is 13.8 Å². The highest BCUT2D eigenvalue weighted by atomic mass is 17.0. The number of hydrogen-bond acceptors (Lipinski definition) is 12. The Kier molecular flexibility index (Phi) is 12.7. The number of allylic oxidation sites excluding steroid dienone is 6. The second-order valence-electron chi connectivity index (χ2n) is 9.40. The van der Waals surface area contributed by atoms with Crippen LogP contribution in [0.3, 0.4) is 0 Å². The number of carbonyl (C=O) groups is 4. The molecule has 2 aliphatic carbocycles. The number of hydrogen-bond donors (Lipinski definition) is 2. The van der Waals surface area contributed by atoms with Crippen molar-refractivity contribution in [2.45, 2.75) is 79.4 Å². The first kappa shape index (κ1) is 34.0. The quantitative estimate of drug-likeness (QED) is 0.198. The van der Waals surface area contributed by atoms with Crippen LogP contribution in [0.25, 0.3) is 0 Å². The van der Waals surface area contributed by atoms with Crippen LogP contribution in [0, 0.1) is 20.2 Å². The molecule has 2 rings (SSSR count). The van der Waals surface area contributed by atoms with E-state index >= 15 is 0 Å². The Labute approximate surface area is 230 Å². The van der Waals surface area contributed by atoms with Gasteiger partial charge in [-0.15, -0.1) is 20.2 Å². The Balaban J connectivity index is 0.000000402. The first-order valence-corrected chi connectivity index (χ1v) is 12.4. The lowest BCUT2D eigenvalue weighted by Gasteiger charge is -2.21. The predicted octanol–water partition coefficient (Wildman–Crippen LogP) is 2.28. The van der Waals surface area contributed by atoms with Crippen LogP contribution < -0.4 is 0 Å². The molecule has 0 aromatic heterocycles. The maximum atomic E-state index is 12.2. The lowest BCUT2D eigenvalue weighted by molar-refractivity contribution is -0.767. The first-order valence-electron chi connectivity index (χ1n) is 12.4. The zero-order chi connectivity index (χ0) is 30.9. The minimum Gasteiger partial charge on any atom is -0.392 e. The van der Waals surface area contributed by atoms with Gasteiger partial charge in [0.15, 0.2) is 23.1 Å². The molecular weight excluding hydrogens is 532 g/mol. The molecule has 2 unspecified atom stereocenters. The average Bonchev–Trinajstić information content (AvgIpc) is 2.87. The largest absolute Gasteiger partial charge is 0.392 e. The second-order valence-corrected chi connectivity index (χ2v) is 9.40. The van der Waals surface area contributed by atoms with Gasteiger partial charge in [-0.25, -0.2) is 0 Å². The summed E-state index contributed by atoms with van der Waals surface area (Å²) in [5.41, 5.74) is 1.96. The molecule has 0 aromatic rings. The Morgan fingerprint density at radius 1 is 0.600 bits per heavy atom. The Bertz CT molecular complexity index is 1220. The molecule has 0 radical (unpaired) electrons. The van der Waals surface area contributed by atoms with Crippen molar-refractivity contribution in [1.82, 2.24) is 0 Å². The Morgan fingerprint density at radius 3 is 1.32 bits per heavy atom. The number of ketones is 4. The number of Topliss-reactive ketones (excluding diaryl/α,β-unsaturated/α-hetero) is 4. The zero-order valence-electron chi connectivity index (χ0n) is 23.3. The van der Waals surface area contributed by atoms with Gasteiger partial charge in [-0.05, 0) is 67.2 Å². The predicted molar refractivity (Wildman–Crippen MR) is 139 cm³/mol. The van der Waals surface area contributed by atoms with Gasteiger partial charge in [0.25, 0.3) is 10.2 Å². The van der Waals surface area contributed by atoms with Crippen LogP contribution in [-0.4, -0.2) is 68.9 Å². The van der Waals surface area contributed by atoms with E-state index in [1.54, 1.807) is 27.7 Å². The van der Waals surface area contributed by atoms with Crippen molar-refractivity contribution < 1.29 is 49.2 Å². The third-order valence-electron chi connectivity index (χ3n) is 6.74. The second kappa shape index (κ2) is 14.9. The molecule has 2 aliphatic rings. The number of aliphatic hydroxyl groups excluding tert-OH is 2. The Hall–Kier alpha value is -4.04. The SMILES string of the molecule is CC1=C(C)C(=O)C(CCC(C)O[N+](=O)[O-])=C(C)C1=O.CC1=C(CCC(C)O[N+](=O)[O-])C(=O)C(CO)=C(CO)C1=O. The van der Waals surface area contributed by atoms with Crippen molar-refractivity contribution in [3.8, 4) is 0 Å². The molecule has 0 heterocycles. The van der Waals surface area contributed by atoms with Crippen LogP contribution in [0.4, 0.5) is 0 Å². The van der Waals surface area contributed by atoms with Crippen molar-refractivity contribution in [2.24, 2.45) is 0 Å². The van der Waals surface area contributed by atoms with E-state index in [0.29, 0.717) is 35.1 Å². The van der Waals surface area contributed by atoms with Crippen molar-refractivity contribution in [2.75, 3.05) is 13.2 Å². The monoisotopic (exact) mass is 566 g/mol. The van der Waals surface area contributed by atoms with E-state index in [9.17, 15) is 44.5 Å². The van der Waals surface area contributed by atoms with E-state index in [2.05, 4.69) is 9.68 Å². The number of carbonyl (C=O) groups excluding carboxylic acids is 4. The third-order valence-corrected chi connectivity index (χ3v) is 6.74. The summed E-state index contributed by atoms with van der Waals surface area (Å²) < 4.78 is 0. The summed E-state index contributed by atoms with van der Waals surface area (Å²) in [4.78, 5) is 77.3. The van der Waals surface area contributed by atoms with Gasteiger partial charge in [0.05, 0.1) is 13.2 Å². The summed E-state index contributed by atoms with van der Waals surface area (Å²) in [6.07, 6.45) is -0.405. The highest BCUT2D eigenvalue weighted by molar-refractivity contribution is 6.25. The molecule has 0 aromatic carbocycles. The van der Waals surface area contributed by atoms with Gasteiger partial charge in [-0.1, -0.05) is 0 Å². The van der Waals surface area contributed by atoms with Gasteiger partial charge in [-0.3, -0.25) is 19.2 Å². The van der Waals surface area contributed by atoms with Crippen LogP contribution >= 0.6 is 0 Å². The molecule has 2 atom stereocenters. The molecule has 0 fully saturated rings. The summed E-state index contributed by atoms with van der Waals surface area (Å²) in [7, 11) is 0. The molecule has 14 nitrogen and oxygen atoms in total. The summed E-state index contributed by atoms with van der Waals surface area (Å²) >= 11 is 0. The van der Waals surface area contributed by atoms with E-state index in [0.717, 1.165) is 0 Å². The lowest BCUT2D eigenvalue weighted by Crippen LogP contribution is -2.27. The van der Waals surface area contributed by atoms with Crippen molar-refractivity contribution in [3.05, 3.63) is 64.8 Å². The number of rotatable bonds is 12. The minimum atomic E-state index is -0.914. The highest BCUT2D eigenvalue weighted by Crippen LogP contribution is 2.29. The molecular formula is C26H34N2O12. The molecule has 14 heteroatoms.